The van der Waals surface area contributed by atoms with Crippen LogP contribution in [-0.2, 0) is 11.2 Å². The molecule has 2 aromatic rings. The Morgan fingerprint density at radius 2 is 2.05 bits per heavy atom. The number of ether oxygens (including phenoxy) is 1. The van der Waals surface area contributed by atoms with Crippen molar-refractivity contribution in [2.75, 3.05) is 7.11 Å². The minimum atomic E-state index is -0.109. The van der Waals surface area contributed by atoms with Gasteiger partial charge < -0.3 is 14.4 Å². The van der Waals surface area contributed by atoms with Crippen LogP contribution in [-0.4, -0.2) is 22.4 Å². The van der Waals surface area contributed by atoms with Gasteiger partial charge in [-0.05, 0) is 24.1 Å². The molecular weight excluding hydrogens is 244 g/mol. The lowest BCUT2D eigenvalue weighted by molar-refractivity contribution is 0.0854. The average Bonchev–Trinajstić information content (AvgIpc) is 2.87. The van der Waals surface area contributed by atoms with E-state index in [4.69, 9.17) is 9.26 Å². The second-order valence-electron chi connectivity index (χ2n) is 4.40. The number of phenolic OH excluding ortho intramolecular Hbond substituents is 1. The zero-order chi connectivity index (χ0) is 13.7. The predicted molar refractivity (Wildman–Crippen MR) is 69.9 cm³/mol. The Morgan fingerprint density at radius 1 is 1.32 bits per heavy atom. The smallest absolute Gasteiger partial charge is 0.231 e. The molecular formula is C14H18N2O3. The lowest BCUT2D eigenvalue weighted by Crippen LogP contribution is -2.03. The predicted octanol–water partition coefficient (Wildman–Crippen LogP) is 2.85. The van der Waals surface area contributed by atoms with E-state index in [1.165, 1.54) is 0 Å². The highest BCUT2D eigenvalue weighted by molar-refractivity contribution is 5.27. The molecule has 0 saturated carbocycles. The van der Waals surface area contributed by atoms with Gasteiger partial charge in [0.05, 0.1) is 6.42 Å². The molecule has 0 amide bonds. The Labute approximate surface area is 112 Å². The Bertz CT molecular complexity index is 508. The maximum Gasteiger partial charge on any atom is 0.231 e. The van der Waals surface area contributed by atoms with Crippen LogP contribution >= 0.6 is 0 Å². The molecule has 1 aromatic heterocycles. The van der Waals surface area contributed by atoms with E-state index < -0.39 is 0 Å². The molecule has 19 heavy (non-hydrogen) atoms. The highest BCUT2D eigenvalue weighted by atomic mass is 16.5. The molecule has 1 atom stereocenters. The van der Waals surface area contributed by atoms with Crippen molar-refractivity contribution < 1.29 is 14.4 Å². The Kier molecular flexibility index (Phi) is 4.52. The van der Waals surface area contributed by atoms with Crippen molar-refractivity contribution in [2.45, 2.75) is 32.3 Å². The van der Waals surface area contributed by atoms with Gasteiger partial charge in [-0.3, -0.25) is 0 Å². The number of methoxy groups -OCH3 is 1. The minimum absolute atomic E-state index is 0.109. The van der Waals surface area contributed by atoms with Gasteiger partial charge in [-0.2, -0.15) is 4.98 Å². The van der Waals surface area contributed by atoms with Gasteiger partial charge in [0.2, 0.25) is 11.7 Å². The van der Waals surface area contributed by atoms with Gasteiger partial charge in [0.15, 0.2) is 0 Å². The topological polar surface area (TPSA) is 68.4 Å². The Morgan fingerprint density at radius 3 is 2.68 bits per heavy atom. The van der Waals surface area contributed by atoms with Gasteiger partial charge in [0, 0.05) is 7.11 Å². The molecule has 5 nitrogen and oxygen atoms in total. The maximum atomic E-state index is 9.22. The fraction of sp³-hybridized carbons (Fsp3) is 0.429. The quantitative estimate of drug-likeness (QED) is 0.867. The summed E-state index contributed by atoms with van der Waals surface area (Å²) >= 11 is 0. The highest BCUT2D eigenvalue weighted by Gasteiger charge is 2.17. The third-order valence-corrected chi connectivity index (χ3v) is 2.90. The van der Waals surface area contributed by atoms with Crippen LogP contribution in [0.15, 0.2) is 28.8 Å². The fourth-order valence-corrected chi connectivity index (χ4v) is 1.87. The van der Waals surface area contributed by atoms with E-state index >= 15 is 0 Å². The van der Waals surface area contributed by atoms with Crippen LogP contribution in [0.4, 0.5) is 0 Å². The van der Waals surface area contributed by atoms with Crippen LogP contribution in [0.5, 0.6) is 5.75 Å². The van der Waals surface area contributed by atoms with Crippen molar-refractivity contribution in [3.05, 3.63) is 41.5 Å². The molecule has 0 aliphatic rings. The molecule has 5 heteroatoms. The number of nitrogens with zero attached hydrogens (tertiary/aromatic N) is 2. The summed E-state index contributed by atoms with van der Waals surface area (Å²) in [6.45, 7) is 2.09. The van der Waals surface area contributed by atoms with Crippen LogP contribution in [0, 0.1) is 0 Å². The fourth-order valence-electron chi connectivity index (χ4n) is 1.87. The summed E-state index contributed by atoms with van der Waals surface area (Å²) in [7, 11) is 1.65. The largest absolute Gasteiger partial charge is 0.508 e. The Hall–Kier alpha value is -1.88. The molecule has 0 aliphatic heterocycles. The molecule has 0 aliphatic carbocycles. The van der Waals surface area contributed by atoms with Crippen molar-refractivity contribution in [1.29, 1.82) is 0 Å². The van der Waals surface area contributed by atoms with E-state index in [1.54, 1.807) is 19.2 Å². The first kappa shape index (κ1) is 13.5. The average molecular weight is 262 g/mol. The number of hydrogen-bond donors (Lipinski definition) is 1. The lowest BCUT2D eigenvalue weighted by atomic mass is 10.1. The molecule has 0 spiro atoms. The van der Waals surface area contributed by atoms with Crippen molar-refractivity contribution in [3.63, 3.8) is 0 Å². The maximum absolute atomic E-state index is 9.22. The zero-order valence-electron chi connectivity index (χ0n) is 11.2. The van der Waals surface area contributed by atoms with Crippen molar-refractivity contribution >= 4 is 0 Å². The first-order valence-corrected chi connectivity index (χ1v) is 6.36. The summed E-state index contributed by atoms with van der Waals surface area (Å²) in [5, 5.41) is 13.2. The molecule has 2 rings (SSSR count). The molecule has 1 unspecified atom stereocenters. The van der Waals surface area contributed by atoms with E-state index in [9.17, 15) is 5.11 Å². The van der Waals surface area contributed by atoms with Gasteiger partial charge in [-0.25, -0.2) is 0 Å². The SMILES string of the molecule is CCCC(OC)c1noc(Cc2ccc(O)cc2)n1. The number of aromatic nitrogens is 2. The number of phenols is 1. The van der Waals surface area contributed by atoms with Crippen molar-refractivity contribution in [2.24, 2.45) is 0 Å². The van der Waals surface area contributed by atoms with Gasteiger partial charge >= 0.3 is 0 Å². The second-order valence-corrected chi connectivity index (χ2v) is 4.40. The summed E-state index contributed by atoms with van der Waals surface area (Å²) < 4.78 is 10.6. The van der Waals surface area contributed by atoms with E-state index in [1.807, 2.05) is 12.1 Å². The number of aromatic hydroxyl groups is 1. The van der Waals surface area contributed by atoms with E-state index in [2.05, 4.69) is 17.1 Å². The van der Waals surface area contributed by atoms with Gasteiger partial charge in [0.25, 0.3) is 0 Å². The van der Waals surface area contributed by atoms with Crippen LogP contribution in [0.25, 0.3) is 0 Å². The van der Waals surface area contributed by atoms with Crippen LogP contribution in [0.1, 0.15) is 43.1 Å². The first-order valence-electron chi connectivity index (χ1n) is 6.36. The van der Waals surface area contributed by atoms with Crippen LogP contribution in [0.3, 0.4) is 0 Å². The van der Waals surface area contributed by atoms with Crippen molar-refractivity contribution in [1.82, 2.24) is 10.1 Å². The summed E-state index contributed by atoms with van der Waals surface area (Å²) in [6, 6.07) is 6.95. The van der Waals surface area contributed by atoms with E-state index in [-0.39, 0.29) is 11.9 Å². The summed E-state index contributed by atoms with van der Waals surface area (Å²) in [5.41, 5.74) is 1.01. The molecule has 0 bridgehead atoms. The van der Waals surface area contributed by atoms with Crippen LogP contribution in [0.2, 0.25) is 0 Å². The lowest BCUT2D eigenvalue weighted by Gasteiger charge is -2.08. The standard InChI is InChI=1S/C14H18N2O3/c1-3-4-12(18-2)14-15-13(19-16-14)9-10-5-7-11(17)8-6-10/h5-8,12,17H,3-4,9H2,1-2H3. The molecule has 0 saturated heterocycles. The van der Waals surface area contributed by atoms with E-state index in [0.717, 1.165) is 18.4 Å². The minimum Gasteiger partial charge on any atom is -0.508 e. The highest BCUT2D eigenvalue weighted by Crippen LogP contribution is 2.20. The summed E-state index contributed by atoms with van der Waals surface area (Å²) in [4.78, 5) is 4.35. The zero-order valence-corrected chi connectivity index (χ0v) is 11.2. The number of benzene rings is 1. The third-order valence-electron chi connectivity index (χ3n) is 2.90. The normalized spacial score (nSPS) is 12.5. The second kappa shape index (κ2) is 6.33. The summed E-state index contributed by atoms with van der Waals surface area (Å²) in [5.74, 6) is 1.40. The molecule has 102 valence electrons. The molecule has 1 heterocycles. The summed E-state index contributed by atoms with van der Waals surface area (Å²) in [6.07, 6.45) is 2.31. The third kappa shape index (κ3) is 3.54. The van der Waals surface area contributed by atoms with Crippen molar-refractivity contribution in [3.8, 4) is 5.75 Å². The monoisotopic (exact) mass is 262 g/mol. The molecule has 1 aromatic carbocycles. The molecule has 1 N–H and O–H groups in total. The van der Waals surface area contributed by atoms with Gasteiger partial charge in [0.1, 0.15) is 11.9 Å². The molecule has 0 fully saturated rings. The molecule has 0 radical (unpaired) electrons. The Balaban J connectivity index is 2.06. The first-order chi connectivity index (χ1) is 9.22. The van der Waals surface area contributed by atoms with E-state index in [0.29, 0.717) is 18.1 Å². The van der Waals surface area contributed by atoms with Crippen LogP contribution < -0.4 is 0 Å². The number of hydrogen-bond acceptors (Lipinski definition) is 5. The van der Waals surface area contributed by atoms with Gasteiger partial charge in [-0.1, -0.05) is 30.6 Å². The van der Waals surface area contributed by atoms with Gasteiger partial charge in [-0.15, -0.1) is 0 Å². The number of rotatable bonds is 6.